The summed E-state index contributed by atoms with van der Waals surface area (Å²) in [6.07, 6.45) is 0. The first-order valence-corrected chi connectivity index (χ1v) is 12.8. The molecule has 2 aliphatic rings. The Balaban J connectivity index is 0.000000139. The van der Waals surface area contributed by atoms with Crippen molar-refractivity contribution in [2.24, 2.45) is 0 Å². The first-order chi connectivity index (χ1) is 16.0. The summed E-state index contributed by atoms with van der Waals surface area (Å²) in [7, 11) is -2.52. The maximum atomic E-state index is 10.9. The molecule has 0 bridgehead atoms. The fourth-order valence-corrected chi connectivity index (χ4v) is 6.08. The first kappa shape index (κ1) is 21.6. The summed E-state index contributed by atoms with van der Waals surface area (Å²) in [5.41, 5.74) is 17.3. The molecule has 0 aromatic heterocycles. The van der Waals surface area contributed by atoms with Crippen LogP contribution in [0.1, 0.15) is 0 Å². The van der Waals surface area contributed by atoms with Crippen molar-refractivity contribution in [3.63, 3.8) is 0 Å². The van der Waals surface area contributed by atoms with Crippen LogP contribution in [0.15, 0.2) is 103 Å². The van der Waals surface area contributed by atoms with Gasteiger partial charge in [-0.05, 0) is 66.7 Å². The fraction of sp³-hybridized carbons (Fsp3) is 0. The molecule has 0 aliphatic carbocycles. The molecular weight excluding hydrogens is 472 g/mol. The van der Waals surface area contributed by atoms with Gasteiger partial charge >= 0.3 is 0 Å². The number of benzene rings is 4. The summed E-state index contributed by atoms with van der Waals surface area (Å²) in [5.74, 6) is 0. The first-order valence-electron chi connectivity index (χ1n) is 10.0. The third-order valence-corrected chi connectivity index (χ3v) is 8.00. The zero-order valence-corrected chi connectivity index (χ0v) is 19.8. The number of fused-ring (bicyclic) bond motifs is 4. The predicted molar refractivity (Wildman–Crippen MR) is 138 cm³/mol. The van der Waals surface area contributed by atoms with Gasteiger partial charge < -0.3 is 22.1 Å². The van der Waals surface area contributed by atoms with Gasteiger partial charge in [0.1, 0.15) is 0 Å². The van der Waals surface area contributed by atoms with Crippen molar-refractivity contribution in [2.75, 3.05) is 22.1 Å². The van der Waals surface area contributed by atoms with Crippen molar-refractivity contribution in [1.82, 2.24) is 0 Å². The molecule has 166 valence electrons. The van der Waals surface area contributed by atoms with Crippen LogP contribution < -0.4 is 22.1 Å². The molecule has 2 aliphatic heterocycles. The second-order valence-corrected chi connectivity index (χ2v) is 10.6. The SMILES string of the molecule is Nc1ccc2c(c1)Sc1cc(N)ccc1N2.O=[SH](=O)c1ccc2c(c1)Sc1ccccc1N2. The predicted octanol–water partition coefficient (Wildman–Crippen LogP) is 5.92. The van der Waals surface area contributed by atoms with Crippen LogP contribution in [0.3, 0.4) is 0 Å². The van der Waals surface area contributed by atoms with Gasteiger partial charge in [0, 0.05) is 31.0 Å². The quantitative estimate of drug-likeness (QED) is 0.142. The highest BCUT2D eigenvalue weighted by Gasteiger charge is 2.16. The third-order valence-electron chi connectivity index (χ3n) is 5.05. The van der Waals surface area contributed by atoms with Crippen LogP contribution in [0, 0.1) is 0 Å². The van der Waals surface area contributed by atoms with Gasteiger partial charge in [0.15, 0.2) is 10.7 Å². The minimum absolute atomic E-state index is 0.354. The number of nitrogens with two attached hydrogens (primary N) is 2. The average Bonchev–Trinajstić information content (AvgIpc) is 2.81. The molecule has 4 aromatic carbocycles. The van der Waals surface area contributed by atoms with E-state index in [4.69, 9.17) is 11.5 Å². The topological polar surface area (TPSA) is 110 Å². The van der Waals surface area contributed by atoms with Gasteiger partial charge in [-0.2, -0.15) is 0 Å². The largest absolute Gasteiger partial charge is 0.399 e. The van der Waals surface area contributed by atoms with Gasteiger partial charge in [0.05, 0.1) is 27.6 Å². The second-order valence-electron chi connectivity index (χ2n) is 7.40. The Morgan fingerprint density at radius 1 is 0.576 bits per heavy atom. The van der Waals surface area contributed by atoms with E-state index in [1.54, 1.807) is 41.7 Å². The highest BCUT2D eigenvalue weighted by atomic mass is 32.2. The Kier molecular flexibility index (Phi) is 5.84. The average molecular weight is 493 g/mol. The van der Waals surface area contributed by atoms with Crippen LogP contribution in [-0.4, -0.2) is 8.42 Å². The van der Waals surface area contributed by atoms with E-state index >= 15 is 0 Å². The van der Waals surface area contributed by atoms with Crippen LogP contribution in [0.2, 0.25) is 0 Å². The minimum atomic E-state index is -2.52. The molecule has 0 amide bonds. The maximum absolute atomic E-state index is 10.9. The van der Waals surface area contributed by atoms with Crippen LogP contribution in [-0.2, 0) is 10.7 Å². The van der Waals surface area contributed by atoms with Gasteiger partial charge in [0.25, 0.3) is 0 Å². The molecule has 6 N–H and O–H groups in total. The summed E-state index contributed by atoms with van der Waals surface area (Å²) in [5, 5.41) is 6.65. The number of thiol groups is 1. The van der Waals surface area contributed by atoms with Gasteiger partial charge in [0.2, 0.25) is 0 Å². The minimum Gasteiger partial charge on any atom is -0.399 e. The molecule has 0 radical (unpaired) electrons. The standard InChI is InChI=1S/C12H11N3S.C12H9NO2S2/c13-7-1-3-9-11(5-7)16-12-6-8(14)2-4-10(12)15-9;14-17(15)8-5-6-10-12(7-8)16-11-4-2-1-3-9(11)13-10/h1-6,15H,13-14H2;1-7,13,17H. The Morgan fingerprint density at radius 3 is 1.67 bits per heavy atom. The molecule has 0 saturated carbocycles. The number of nitrogens with one attached hydrogen (secondary N) is 2. The van der Waals surface area contributed by atoms with Crippen LogP contribution in [0.4, 0.5) is 34.1 Å². The van der Waals surface area contributed by atoms with Crippen molar-refractivity contribution in [3.8, 4) is 0 Å². The van der Waals surface area contributed by atoms with E-state index in [0.717, 1.165) is 53.7 Å². The molecule has 33 heavy (non-hydrogen) atoms. The monoisotopic (exact) mass is 492 g/mol. The molecule has 4 aromatic rings. The maximum Gasteiger partial charge on any atom is 0.168 e. The summed E-state index contributed by atoms with van der Waals surface area (Å²) in [6, 6.07) is 24.8. The summed E-state index contributed by atoms with van der Waals surface area (Å²) < 4.78 is 21.9. The molecular formula is C24H20N4O2S3. The Labute approximate surface area is 201 Å². The van der Waals surface area contributed by atoms with Crippen molar-refractivity contribution >= 4 is 68.4 Å². The van der Waals surface area contributed by atoms with Crippen LogP contribution >= 0.6 is 23.5 Å². The van der Waals surface area contributed by atoms with E-state index < -0.39 is 10.7 Å². The normalized spacial score (nSPS) is 12.6. The molecule has 6 nitrogen and oxygen atoms in total. The van der Waals surface area contributed by atoms with E-state index in [1.165, 1.54) is 0 Å². The van der Waals surface area contributed by atoms with Crippen LogP contribution in [0.5, 0.6) is 0 Å². The molecule has 0 atom stereocenters. The highest BCUT2D eigenvalue weighted by Crippen LogP contribution is 2.46. The van der Waals surface area contributed by atoms with Crippen molar-refractivity contribution in [2.45, 2.75) is 24.5 Å². The molecule has 0 unspecified atom stereocenters. The lowest BCUT2D eigenvalue weighted by Gasteiger charge is -2.21. The number of rotatable bonds is 1. The van der Waals surface area contributed by atoms with E-state index in [9.17, 15) is 8.42 Å². The molecule has 0 spiro atoms. The van der Waals surface area contributed by atoms with Gasteiger partial charge in [-0.25, -0.2) is 8.42 Å². The smallest absolute Gasteiger partial charge is 0.168 e. The Bertz CT molecular complexity index is 1400. The highest BCUT2D eigenvalue weighted by molar-refractivity contribution is 8.00. The summed E-state index contributed by atoms with van der Waals surface area (Å²) in [4.78, 5) is 4.68. The fourth-order valence-electron chi connectivity index (χ4n) is 3.45. The zero-order chi connectivity index (χ0) is 22.9. The zero-order valence-electron chi connectivity index (χ0n) is 17.2. The third kappa shape index (κ3) is 4.61. The van der Waals surface area contributed by atoms with E-state index in [-0.39, 0.29) is 0 Å². The summed E-state index contributed by atoms with van der Waals surface area (Å²) in [6.45, 7) is 0. The molecule has 6 rings (SSSR count). The Morgan fingerprint density at radius 2 is 1.06 bits per heavy atom. The second kappa shape index (κ2) is 8.93. The number of anilines is 6. The molecule has 0 saturated heterocycles. The van der Waals surface area contributed by atoms with Gasteiger partial charge in [-0.3, -0.25) is 0 Å². The number of hydrogen-bond acceptors (Lipinski definition) is 8. The number of nitrogen functional groups attached to an aromatic ring is 2. The van der Waals surface area contributed by atoms with Gasteiger partial charge in [-0.15, -0.1) is 0 Å². The molecule has 9 heteroatoms. The number of para-hydroxylation sites is 1. The summed E-state index contributed by atoms with van der Waals surface area (Å²) >= 11 is 3.27. The van der Waals surface area contributed by atoms with Crippen LogP contribution in [0.25, 0.3) is 0 Å². The van der Waals surface area contributed by atoms with E-state index in [1.807, 2.05) is 60.7 Å². The van der Waals surface area contributed by atoms with Crippen molar-refractivity contribution in [3.05, 3.63) is 78.9 Å². The van der Waals surface area contributed by atoms with Crippen molar-refractivity contribution in [1.29, 1.82) is 0 Å². The lowest BCUT2D eigenvalue weighted by molar-refractivity contribution is 0.614. The van der Waals surface area contributed by atoms with Crippen molar-refractivity contribution < 1.29 is 8.42 Å². The van der Waals surface area contributed by atoms with Gasteiger partial charge in [-0.1, -0.05) is 35.7 Å². The molecule has 0 fully saturated rings. The number of hydrogen-bond donors (Lipinski definition) is 5. The van der Waals surface area contributed by atoms with E-state index in [0.29, 0.717) is 4.90 Å². The molecule has 2 heterocycles. The van der Waals surface area contributed by atoms with E-state index in [2.05, 4.69) is 10.6 Å². The lowest BCUT2D eigenvalue weighted by atomic mass is 10.2. The lowest BCUT2D eigenvalue weighted by Crippen LogP contribution is -2.01. The Hall–Kier alpha value is -3.27.